The number of carbonyl (C=O) groups is 1. The van der Waals surface area contributed by atoms with Gasteiger partial charge in [-0.1, -0.05) is 12.1 Å². The number of aliphatic carboxylic acids is 1. The third-order valence-corrected chi connectivity index (χ3v) is 2.19. The predicted octanol–water partition coefficient (Wildman–Crippen LogP) is 1.52. The fraction of sp³-hybridized carbons (Fsp3) is 0.417. The fourth-order valence-corrected chi connectivity index (χ4v) is 1.31. The van der Waals surface area contributed by atoms with Crippen LogP contribution in [0.5, 0.6) is 5.75 Å². The SMILES string of the molecule is Cc1ccc(C)c(OCC(O)CC(=O)O)c1. The van der Waals surface area contributed by atoms with Gasteiger partial charge in [0.2, 0.25) is 0 Å². The van der Waals surface area contributed by atoms with E-state index in [0.29, 0.717) is 5.75 Å². The topological polar surface area (TPSA) is 66.8 Å². The molecule has 16 heavy (non-hydrogen) atoms. The highest BCUT2D eigenvalue weighted by molar-refractivity contribution is 5.67. The van der Waals surface area contributed by atoms with Crippen LogP contribution >= 0.6 is 0 Å². The maximum absolute atomic E-state index is 10.3. The second-order valence-electron chi connectivity index (χ2n) is 3.83. The van der Waals surface area contributed by atoms with Crippen LogP contribution in [0.2, 0.25) is 0 Å². The lowest BCUT2D eigenvalue weighted by Gasteiger charge is -2.12. The zero-order valence-electron chi connectivity index (χ0n) is 9.43. The fourth-order valence-electron chi connectivity index (χ4n) is 1.31. The first kappa shape index (κ1) is 12.5. The summed E-state index contributed by atoms with van der Waals surface area (Å²) in [6.07, 6.45) is -1.28. The van der Waals surface area contributed by atoms with E-state index in [1.165, 1.54) is 0 Å². The number of hydrogen-bond acceptors (Lipinski definition) is 3. The third kappa shape index (κ3) is 3.90. The van der Waals surface area contributed by atoms with Gasteiger partial charge < -0.3 is 14.9 Å². The summed E-state index contributed by atoms with van der Waals surface area (Å²) in [4.78, 5) is 10.3. The van der Waals surface area contributed by atoms with Crippen LogP contribution in [0.1, 0.15) is 17.5 Å². The van der Waals surface area contributed by atoms with Gasteiger partial charge in [-0.15, -0.1) is 0 Å². The number of hydrogen-bond donors (Lipinski definition) is 2. The standard InChI is InChI=1S/C12H16O4/c1-8-3-4-9(2)11(5-8)16-7-10(13)6-12(14)15/h3-5,10,13H,6-7H2,1-2H3,(H,14,15). The summed E-state index contributed by atoms with van der Waals surface area (Å²) in [5.41, 5.74) is 2.03. The van der Waals surface area contributed by atoms with Gasteiger partial charge in [0, 0.05) is 0 Å². The van der Waals surface area contributed by atoms with Crippen LogP contribution in [0.25, 0.3) is 0 Å². The van der Waals surface area contributed by atoms with Crippen LogP contribution in [-0.2, 0) is 4.79 Å². The third-order valence-electron chi connectivity index (χ3n) is 2.19. The van der Waals surface area contributed by atoms with Crippen molar-refractivity contribution in [2.24, 2.45) is 0 Å². The number of carboxylic acid groups (broad SMARTS) is 1. The van der Waals surface area contributed by atoms with Crippen LogP contribution in [0.15, 0.2) is 18.2 Å². The molecule has 1 aromatic rings. The van der Waals surface area contributed by atoms with E-state index in [0.717, 1.165) is 11.1 Å². The molecule has 1 unspecified atom stereocenters. The van der Waals surface area contributed by atoms with Crippen molar-refractivity contribution < 1.29 is 19.7 Å². The maximum Gasteiger partial charge on any atom is 0.306 e. The van der Waals surface area contributed by atoms with E-state index < -0.39 is 12.1 Å². The Bertz CT molecular complexity index is 373. The normalized spacial score (nSPS) is 12.2. The summed E-state index contributed by atoms with van der Waals surface area (Å²) < 4.78 is 5.37. The van der Waals surface area contributed by atoms with Crippen molar-refractivity contribution in [3.8, 4) is 5.75 Å². The Labute approximate surface area is 94.5 Å². The van der Waals surface area contributed by atoms with Crippen LogP contribution in [0, 0.1) is 13.8 Å². The molecule has 0 aliphatic heterocycles. The molecule has 4 heteroatoms. The van der Waals surface area contributed by atoms with Gasteiger partial charge in [-0.05, 0) is 31.0 Å². The van der Waals surface area contributed by atoms with Gasteiger partial charge in [-0.3, -0.25) is 4.79 Å². The average molecular weight is 224 g/mol. The zero-order valence-corrected chi connectivity index (χ0v) is 9.43. The summed E-state index contributed by atoms with van der Waals surface area (Å²) >= 11 is 0. The quantitative estimate of drug-likeness (QED) is 0.795. The molecule has 1 rings (SSSR count). The van der Waals surface area contributed by atoms with Gasteiger partial charge in [0.05, 0.1) is 12.5 Å². The molecule has 0 fully saturated rings. The van der Waals surface area contributed by atoms with Gasteiger partial charge >= 0.3 is 5.97 Å². The Morgan fingerprint density at radius 2 is 2.12 bits per heavy atom. The minimum absolute atomic E-state index is 0.00338. The molecule has 4 nitrogen and oxygen atoms in total. The Hall–Kier alpha value is -1.55. The average Bonchev–Trinajstić information content (AvgIpc) is 2.18. The van der Waals surface area contributed by atoms with E-state index in [4.69, 9.17) is 9.84 Å². The molecule has 0 saturated heterocycles. The second-order valence-corrected chi connectivity index (χ2v) is 3.83. The van der Waals surface area contributed by atoms with Gasteiger partial charge in [0.1, 0.15) is 12.4 Å². The molecule has 0 aromatic heterocycles. The lowest BCUT2D eigenvalue weighted by Crippen LogP contribution is -2.21. The lowest BCUT2D eigenvalue weighted by molar-refractivity contribution is -0.139. The molecule has 88 valence electrons. The number of aliphatic hydroxyl groups is 1. The van der Waals surface area contributed by atoms with Crippen molar-refractivity contribution in [1.29, 1.82) is 0 Å². The number of aryl methyl sites for hydroxylation is 2. The van der Waals surface area contributed by atoms with Crippen molar-refractivity contribution in [1.82, 2.24) is 0 Å². The van der Waals surface area contributed by atoms with E-state index in [9.17, 15) is 9.90 Å². The molecule has 0 radical (unpaired) electrons. The van der Waals surface area contributed by atoms with E-state index in [1.807, 2.05) is 32.0 Å². The summed E-state index contributed by atoms with van der Waals surface area (Å²) in [6.45, 7) is 3.84. The molecule has 0 heterocycles. The van der Waals surface area contributed by atoms with Crippen molar-refractivity contribution in [2.45, 2.75) is 26.4 Å². The van der Waals surface area contributed by atoms with Gasteiger partial charge in [-0.2, -0.15) is 0 Å². The Morgan fingerprint density at radius 1 is 1.44 bits per heavy atom. The number of rotatable bonds is 5. The summed E-state index contributed by atoms with van der Waals surface area (Å²) in [7, 11) is 0. The zero-order chi connectivity index (χ0) is 12.1. The first-order valence-electron chi connectivity index (χ1n) is 5.09. The largest absolute Gasteiger partial charge is 0.491 e. The summed E-state index contributed by atoms with van der Waals surface area (Å²) in [5, 5.41) is 17.8. The minimum Gasteiger partial charge on any atom is -0.491 e. The molecule has 1 atom stereocenters. The molecule has 1 aromatic carbocycles. The Kier molecular flexibility index (Phi) is 4.31. The molecule has 0 aliphatic carbocycles. The van der Waals surface area contributed by atoms with Gasteiger partial charge in [-0.25, -0.2) is 0 Å². The minimum atomic E-state index is -1.03. The molecule has 0 saturated carbocycles. The first-order valence-corrected chi connectivity index (χ1v) is 5.09. The smallest absolute Gasteiger partial charge is 0.306 e. The second kappa shape index (κ2) is 5.51. The highest BCUT2D eigenvalue weighted by atomic mass is 16.5. The van der Waals surface area contributed by atoms with Crippen LogP contribution in [0.4, 0.5) is 0 Å². The molecule has 2 N–H and O–H groups in total. The molecular formula is C12H16O4. The number of benzene rings is 1. The highest BCUT2D eigenvalue weighted by Crippen LogP contribution is 2.19. The molecule has 0 spiro atoms. The van der Waals surface area contributed by atoms with Crippen molar-refractivity contribution in [2.75, 3.05) is 6.61 Å². The van der Waals surface area contributed by atoms with Crippen molar-refractivity contribution in [3.05, 3.63) is 29.3 Å². The molecular weight excluding hydrogens is 208 g/mol. The van der Waals surface area contributed by atoms with E-state index in [1.54, 1.807) is 0 Å². The van der Waals surface area contributed by atoms with Gasteiger partial charge in [0.25, 0.3) is 0 Å². The Morgan fingerprint density at radius 3 is 2.75 bits per heavy atom. The molecule has 0 amide bonds. The predicted molar refractivity (Wildman–Crippen MR) is 59.7 cm³/mol. The van der Waals surface area contributed by atoms with E-state index in [-0.39, 0.29) is 13.0 Å². The lowest BCUT2D eigenvalue weighted by atomic mass is 10.1. The highest BCUT2D eigenvalue weighted by Gasteiger charge is 2.10. The molecule has 0 aliphatic rings. The Balaban J connectivity index is 2.54. The summed E-state index contributed by atoms with van der Waals surface area (Å²) in [5.74, 6) is -0.346. The number of ether oxygens (including phenoxy) is 1. The summed E-state index contributed by atoms with van der Waals surface area (Å²) in [6, 6.07) is 5.76. The van der Waals surface area contributed by atoms with Crippen LogP contribution < -0.4 is 4.74 Å². The van der Waals surface area contributed by atoms with Crippen molar-refractivity contribution >= 4 is 5.97 Å². The van der Waals surface area contributed by atoms with E-state index >= 15 is 0 Å². The number of aliphatic hydroxyl groups excluding tert-OH is 1. The van der Waals surface area contributed by atoms with Gasteiger partial charge in [0.15, 0.2) is 0 Å². The monoisotopic (exact) mass is 224 g/mol. The molecule has 0 bridgehead atoms. The maximum atomic E-state index is 10.3. The number of carboxylic acids is 1. The first-order chi connectivity index (χ1) is 7.49. The van der Waals surface area contributed by atoms with Crippen LogP contribution in [-0.4, -0.2) is 28.9 Å². The van der Waals surface area contributed by atoms with Crippen molar-refractivity contribution in [3.63, 3.8) is 0 Å². The van der Waals surface area contributed by atoms with E-state index in [2.05, 4.69) is 0 Å². The van der Waals surface area contributed by atoms with Crippen LogP contribution in [0.3, 0.4) is 0 Å².